The molecule has 0 unspecified atom stereocenters. The highest BCUT2D eigenvalue weighted by atomic mass is 19.1. The summed E-state index contributed by atoms with van der Waals surface area (Å²) in [6.07, 6.45) is 1.24. The summed E-state index contributed by atoms with van der Waals surface area (Å²) in [5, 5.41) is 2.51. The third-order valence-corrected chi connectivity index (χ3v) is 3.60. The Labute approximate surface area is 135 Å². The Kier molecular flexibility index (Phi) is 4.07. The van der Waals surface area contributed by atoms with Gasteiger partial charge in [-0.25, -0.2) is 13.8 Å². The lowest BCUT2D eigenvalue weighted by Gasteiger charge is -2.10. The highest BCUT2D eigenvalue weighted by molar-refractivity contribution is 5.91. The minimum absolute atomic E-state index is 0.377. The van der Waals surface area contributed by atoms with Crippen LogP contribution in [-0.2, 0) is 11.3 Å². The van der Waals surface area contributed by atoms with E-state index < -0.39 is 35.3 Å². The van der Waals surface area contributed by atoms with E-state index in [4.69, 9.17) is 0 Å². The van der Waals surface area contributed by atoms with Crippen molar-refractivity contribution in [3.8, 4) is 0 Å². The Bertz CT molecular complexity index is 979. The van der Waals surface area contributed by atoms with Gasteiger partial charge >= 0.3 is 0 Å². The molecular weight excluding hydrogens is 316 g/mol. The number of amides is 1. The molecule has 0 saturated carbocycles. The van der Waals surface area contributed by atoms with E-state index in [1.54, 1.807) is 12.1 Å². The summed E-state index contributed by atoms with van der Waals surface area (Å²) in [7, 11) is 0. The maximum atomic E-state index is 13.5. The summed E-state index contributed by atoms with van der Waals surface area (Å²) < 4.78 is 28.2. The molecule has 24 heavy (non-hydrogen) atoms. The second-order valence-corrected chi connectivity index (χ2v) is 5.29. The molecule has 0 aliphatic carbocycles. The maximum absolute atomic E-state index is 13.5. The van der Waals surface area contributed by atoms with Gasteiger partial charge in [-0.3, -0.25) is 14.2 Å². The van der Waals surface area contributed by atoms with Crippen molar-refractivity contribution >= 4 is 22.5 Å². The maximum Gasteiger partial charge on any atom is 0.261 e. The number of fused-ring (bicyclic) bond motifs is 1. The second kappa shape index (κ2) is 6.19. The first-order valence-electron chi connectivity index (χ1n) is 7.16. The molecule has 1 aromatic heterocycles. The minimum atomic E-state index is -0.886. The molecule has 0 fully saturated rings. The van der Waals surface area contributed by atoms with E-state index in [0.29, 0.717) is 10.9 Å². The van der Waals surface area contributed by atoms with Gasteiger partial charge in [0, 0.05) is 0 Å². The summed E-state index contributed by atoms with van der Waals surface area (Å²) in [6.45, 7) is 1.43. The van der Waals surface area contributed by atoms with Crippen molar-refractivity contribution in [2.45, 2.75) is 13.5 Å². The standard InChI is InChI=1S/C17H13F2N3O2/c1-10-4-2-5-11-15(10)20-9-22(17(11)24)8-14(23)21-16-12(18)6-3-7-13(16)19/h2-7,9H,8H2,1H3,(H,21,23). The zero-order valence-corrected chi connectivity index (χ0v) is 12.7. The zero-order chi connectivity index (χ0) is 17.3. The summed E-state index contributed by atoms with van der Waals surface area (Å²) in [6, 6.07) is 8.42. The van der Waals surface area contributed by atoms with Crippen LogP contribution in [0.1, 0.15) is 5.56 Å². The first kappa shape index (κ1) is 15.8. The highest BCUT2D eigenvalue weighted by Crippen LogP contribution is 2.18. The number of carbonyl (C=O) groups is 1. The smallest absolute Gasteiger partial charge is 0.261 e. The third-order valence-electron chi connectivity index (χ3n) is 3.60. The van der Waals surface area contributed by atoms with Gasteiger partial charge in [0.2, 0.25) is 5.91 Å². The predicted molar refractivity (Wildman–Crippen MR) is 85.7 cm³/mol. The van der Waals surface area contributed by atoms with Crippen LogP contribution in [0.4, 0.5) is 14.5 Å². The number of nitrogens with one attached hydrogen (secondary N) is 1. The topological polar surface area (TPSA) is 64.0 Å². The van der Waals surface area contributed by atoms with Gasteiger partial charge in [0.25, 0.3) is 5.56 Å². The number of aromatic nitrogens is 2. The molecule has 7 heteroatoms. The summed E-state index contributed by atoms with van der Waals surface area (Å²) in [5.74, 6) is -2.50. The number of benzene rings is 2. The molecule has 0 aliphatic heterocycles. The lowest BCUT2D eigenvalue weighted by molar-refractivity contribution is -0.116. The van der Waals surface area contributed by atoms with E-state index in [0.717, 1.165) is 22.3 Å². The van der Waals surface area contributed by atoms with Crippen molar-refractivity contribution in [3.63, 3.8) is 0 Å². The van der Waals surface area contributed by atoms with Crippen molar-refractivity contribution in [3.05, 3.63) is 70.3 Å². The largest absolute Gasteiger partial charge is 0.320 e. The van der Waals surface area contributed by atoms with Gasteiger partial charge in [-0.05, 0) is 30.7 Å². The molecule has 3 aromatic rings. The fourth-order valence-electron chi connectivity index (χ4n) is 2.40. The number of hydrogen-bond donors (Lipinski definition) is 1. The van der Waals surface area contributed by atoms with Crippen LogP contribution < -0.4 is 10.9 Å². The Balaban J connectivity index is 1.89. The quantitative estimate of drug-likeness (QED) is 0.803. The molecule has 0 atom stereocenters. The van der Waals surface area contributed by atoms with Crippen LogP contribution >= 0.6 is 0 Å². The third kappa shape index (κ3) is 2.88. The van der Waals surface area contributed by atoms with Crippen LogP contribution in [0.5, 0.6) is 0 Å². The van der Waals surface area contributed by atoms with Gasteiger partial charge in [-0.1, -0.05) is 18.2 Å². The molecule has 3 rings (SSSR count). The fourth-order valence-corrected chi connectivity index (χ4v) is 2.40. The van der Waals surface area contributed by atoms with Gasteiger partial charge < -0.3 is 5.32 Å². The van der Waals surface area contributed by atoms with E-state index in [1.165, 1.54) is 12.4 Å². The van der Waals surface area contributed by atoms with Gasteiger partial charge in [0.1, 0.15) is 23.9 Å². The van der Waals surface area contributed by atoms with E-state index in [1.807, 2.05) is 13.0 Å². The molecular formula is C17H13F2N3O2. The number of para-hydroxylation sites is 2. The summed E-state index contributed by atoms with van der Waals surface area (Å²) in [4.78, 5) is 28.6. The number of carbonyl (C=O) groups excluding carboxylic acids is 1. The van der Waals surface area contributed by atoms with Crippen LogP contribution in [0.2, 0.25) is 0 Å². The number of aryl methyl sites for hydroxylation is 1. The molecule has 0 radical (unpaired) electrons. The average molecular weight is 329 g/mol. The highest BCUT2D eigenvalue weighted by Gasteiger charge is 2.14. The van der Waals surface area contributed by atoms with E-state index >= 15 is 0 Å². The van der Waals surface area contributed by atoms with Crippen LogP contribution in [-0.4, -0.2) is 15.5 Å². The van der Waals surface area contributed by atoms with Crippen molar-refractivity contribution in [2.24, 2.45) is 0 Å². The Hall–Kier alpha value is -3.09. The molecule has 1 N–H and O–H groups in total. The molecule has 0 saturated heterocycles. The zero-order valence-electron chi connectivity index (χ0n) is 12.7. The Morgan fingerprint density at radius 1 is 1.17 bits per heavy atom. The van der Waals surface area contributed by atoms with E-state index in [2.05, 4.69) is 10.3 Å². The van der Waals surface area contributed by atoms with Gasteiger partial charge in [-0.2, -0.15) is 0 Å². The number of nitrogens with zero attached hydrogens (tertiary/aromatic N) is 2. The molecule has 5 nitrogen and oxygen atoms in total. The predicted octanol–water partition coefficient (Wildman–Crippen LogP) is 2.62. The minimum Gasteiger partial charge on any atom is -0.320 e. The van der Waals surface area contributed by atoms with Crippen LogP contribution in [0.3, 0.4) is 0 Å². The molecule has 1 amide bonds. The molecule has 2 aromatic carbocycles. The second-order valence-electron chi connectivity index (χ2n) is 5.29. The molecule has 0 bridgehead atoms. The molecule has 1 heterocycles. The van der Waals surface area contributed by atoms with Gasteiger partial charge in [0.15, 0.2) is 0 Å². The first-order valence-corrected chi connectivity index (χ1v) is 7.16. The molecule has 0 aliphatic rings. The fraction of sp³-hybridized carbons (Fsp3) is 0.118. The van der Waals surface area contributed by atoms with Crippen LogP contribution in [0.15, 0.2) is 47.5 Å². The van der Waals surface area contributed by atoms with Crippen molar-refractivity contribution < 1.29 is 13.6 Å². The number of anilines is 1. The molecule has 0 spiro atoms. The number of halogens is 2. The van der Waals surface area contributed by atoms with Gasteiger partial charge in [-0.15, -0.1) is 0 Å². The van der Waals surface area contributed by atoms with Crippen molar-refractivity contribution in [2.75, 3.05) is 5.32 Å². The summed E-state index contributed by atoms with van der Waals surface area (Å²) >= 11 is 0. The van der Waals surface area contributed by atoms with E-state index in [9.17, 15) is 18.4 Å². The SMILES string of the molecule is Cc1cccc2c(=O)n(CC(=O)Nc3c(F)cccc3F)cnc12. The lowest BCUT2D eigenvalue weighted by Crippen LogP contribution is -2.28. The monoisotopic (exact) mass is 329 g/mol. The first-order chi connectivity index (χ1) is 11.5. The summed E-state index contributed by atoms with van der Waals surface area (Å²) in [5.41, 5.74) is 0.460. The average Bonchev–Trinajstić information content (AvgIpc) is 2.54. The van der Waals surface area contributed by atoms with Crippen molar-refractivity contribution in [1.29, 1.82) is 0 Å². The number of rotatable bonds is 3. The van der Waals surface area contributed by atoms with E-state index in [-0.39, 0.29) is 0 Å². The van der Waals surface area contributed by atoms with Crippen LogP contribution in [0, 0.1) is 18.6 Å². The van der Waals surface area contributed by atoms with Crippen molar-refractivity contribution in [1.82, 2.24) is 9.55 Å². The number of hydrogen-bond acceptors (Lipinski definition) is 3. The Morgan fingerprint density at radius 3 is 2.54 bits per heavy atom. The lowest BCUT2D eigenvalue weighted by atomic mass is 10.1. The van der Waals surface area contributed by atoms with Gasteiger partial charge in [0.05, 0.1) is 17.2 Å². The normalized spacial score (nSPS) is 10.8. The molecule has 122 valence electrons. The van der Waals surface area contributed by atoms with Crippen LogP contribution in [0.25, 0.3) is 10.9 Å². The Morgan fingerprint density at radius 2 is 1.83 bits per heavy atom.